The second-order valence-corrected chi connectivity index (χ2v) is 8.43. The molecule has 152 valence electrons. The zero-order valence-electron chi connectivity index (χ0n) is 15.7. The van der Waals surface area contributed by atoms with Crippen molar-refractivity contribution in [3.63, 3.8) is 0 Å². The Morgan fingerprint density at radius 3 is 2.82 bits per heavy atom. The third-order valence-corrected chi connectivity index (χ3v) is 6.51. The second-order valence-electron chi connectivity index (χ2n) is 7.58. The molecule has 3 atom stereocenters. The molecule has 2 aromatic heterocycles. The van der Waals surface area contributed by atoms with Gasteiger partial charge in [0.25, 0.3) is 5.91 Å². The SMILES string of the molecule is Cc1cc2n(n1)[C@@H](C(F)(F)F)C[C@@H](C1CCCN(C(=O)c3scnc3C)C1)N2. The fourth-order valence-electron chi connectivity index (χ4n) is 4.21. The Bertz CT molecular complexity index is 877. The highest BCUT2D eigenvalue weighted by Gasteiger charge is 2.48. The van der Waals surface area contributed by atoms with Gasteiger partial charge in [-0.25, -0.2) is 9.67 Å². The largest absolute Gasteiger partial charge is 0.410 e. The van der Waals surface area contributed by atoms with Crippen LogP contribution < -0.4 is 5.32 Å². The molecule has 0 aromatic carbocycles. The molecule has 0 spiro atoms. The number of amides is 1. The van der Waals surface area contributed by atoms with Gasteiger partial charge in [-0.05, 0) is 39.0 Å². The van der Waals surface area contributed by atoms with Crippen molar-refractivity contribution in [2.75, 3.05) is 18.4 Å². The third kappa shape index (κ3) is 3.49. The minimum Gasteiger partial charge on any atom is -0.367 e. The first-order valence-corrected chi connectivity index (χ1v) is 10.2. The van der Waals surface area contributed by atoms with Gasteiger partial charge in [0.2, 0.25) is 0 Å². The van der Waals surface area contributed by atoms with Gasteiger partial charge in [-0.2, -0.15) is 18.3 Å². The number of aryl methyl sites for hydroxylation is 2. The zero-order chi connectivity index (χ0) is 20.1. The van der Waals surface area contributed by atoms with Gasteiger partial charge in [0, 0.05) is 25.2 Å². The van der Waals surface area contributed by atoms with E-state index in [0.717, 1.165) is 17.5 Å². The van der Waals surface area contributed by atoms with Crippen molar-refractivity contribution in [2.45, 2.75) is 51.4 Å². The van der Waals surface area contributed by atoms with Gasteiger partial charge in [0.1, 0.15) is 10.7 Å². The highest BCUT2D eigenvalue weighted by Crippen LogP contribution is 2.42. The van der Waals surface area contributed by atoms with Crippen LogP contribution in [0.3, 0.4) is 0 Å². The van der Waals surface area contributed by atoms with Crippen LogP contribution in [0.4, 0.5) is 19.0 Å². The van der Waals surface area contributed by atoms with Crippen LogP contribution in [0.5, 0.6) is 0 Å². The monoisotopic (exact) mass is 413 g/mol. The third-order valence-electron chi connectivity index (χ3n) is 5.60. The minimum atomic E-state index is -4.36. The van der Waals surface area contributed by atoms with E-state index in [2.05, 4.69) is 15.4 Å². The van der Waals surface area contributed by atoms with Crippen LogP contribution in [0.1, 0.15) is 46.4 Å². The predicted molar refractivity (Wildman–Crippen MR) is 99.6 cm³/mol. The number of anilines is 1. The van der Waals surface area contributed by atoms with Crippen LogP contribution in [0.25, 0.3) is 0 Å². The number of fused-ring (bicyclic) bond motifs is 1. The highest BCUT2D eigenvalue weighted by molar-refractivity contribution is 7.11. The normalized spacial score (nSPS) is 25.3. The average Bonchev–Trinajstić information content (AvgIpc) is 3.23. The van der Waals surface area contributed by atoms with Crippen LogP contribution in [0.15, 0.2) is 11.6 Å². The summed E-state index contributed by atoms with van der Waals surface area (Å²) in [5.41, 5.74) is 2.90. The number of nitrogens with one attached hydrogen (secondary N) is 1. The maximum absolute atomic E-state index is 13.6. The number of hydrogen-bond donors (Lipinski definition) is 1. The number of carbonyl (C=O) groups is 1. The quantitative estimate of drug-likeness (QED) is 0.814. The Balaban J connectivity index is 1.54. The number of likely N-dealkylation sites (tertiary alicyclic amines) is 1. The number of nitrogens with zero attached hydrogens (tertiary/aromatic N) is 4. The fraction of sp³-hybridized carbons (Fsp3) is 0.611. The molecular weight excluding hydrogens is 391 g/mol. The summed E-state index contributed by atoms with van der Waals surface area (Å²) >= 11 is 1.31. The molecule has 6 nitrogen and oxygen atoms in total. The summed E-state index contributed by atoms with van der Waals surface area (Å²) in [7, 11) is 0. The second kappa shape index (κ2) is 7.06. The van der Waals surface area contributed by atoms with E-state index in [9.17, 15) is 18.0 Å². The number of thiazole rings is 1. The first-order chi connectivity index (χ1) is 13.2. The number of halogens is 3. The Morgan fingerprint density at radius 1 is 1.36 bits per heavy atom. The van der Waals surface area contributed by atoms with Gasteiger partial charge in [-0.3, -0.25) is 4.79 Å². The first kappa shape index (κ1) is 19.2. The molecule has 2 aliphatic rings. The van der Waals surface area contributed by atoms with Crippen LogP contribution in [-0.4, -0.2) is 50.9 Å². The van der Waals surface area contributed by atoms with E-state index >= 15 is 0 Å². The van der Waals surface area contributed by atoms with Gasteiger partial charge in [-0.15, -0.1) is 11.3 Å². The van der Waals surface area contributed by atoms with Crippen molar-refractivity contribution in [1.29, 1.82) is 0 Å². The Morgan fingerprint density at radius 2 is 2.14 bits per heavy atom. The number of alkyl halides is 3. The molecule has 4 heterocycles. The number of aromatic nitrogens is 3. The van der Waals surface area contributed by atoms with Crippen molar-refractivity contribution >= 4 is 23.1 Å². The predicted octanol–water partition coefficient (Wildman–Crippen LogP) is 3.80. The van der Waals surface area contributed by atoms with Crippen LogP contribution in [0.2, 0.25) is 0 Å². The van der Waals surface area contributed by atoms with Gasteiger partial charge in [0.15, 0.2) is 6.04 Å². The lowest BCUT2D eigenvalue weighted by Gasteiger charge is -2.41. The number of rotatable bonds is 2. The number of carbonyl (C=O) groups excluding carboxylic acids is 1. The van der Waals surface area contributed by atoms with E-state index < -0.39 is 12.2 Å². The number of hydrogen-bond acceptors (Lipinski definition) is 5. The summed E-state index contributed by atoms with van der Waals surface area (Å²) in [6.07, 6.45) is -2.87. The van der Waals surface area contributed by atoms with Crippen molar-refractivity contribution in [3.05, 3.63) is 27.8 Å². The molecule has 4 rings (SSSR count). The molecule has 28 heavy (non-hydrogen) atoms. The highest BCUT2D eigenvalue weighted by atomic mass is 32.1. The molecule has 0 aliphatic carbocycles. The Kier molecular flexibility index (Phi) is 4.84. The molecule has 2 aliphatic heterocycles. The lowest BCUT2D eigenvalue weighted by molar-refractivity contribution is -0.174. The minimum absolute atomic E-state index is 0.0419. The molecule has 10 heteroatoms. The molecule has 1 N–H and O–H groups in total. The summed E-state index contributed by atoms with van der Waals surface area (Å²) in [5.74, 6) is 0.284. The van der Waals surface area contributed by atoms with Crippen LogP contribution in [0, 0.1) is 19.8 Å². The average molecular weight is 413 g/mol. The van der Waals surface area contributed by atoms with E-state index in [1.807, 2.05) is 0 Å². The summed E-state index contributed by atoms with van der Waals surface area (Å²) in [6.45, 7) is 4.56. The Hall–Kier alpha value is -2.10. The summed E-state index contributed by atoms with van der Waals surface area (Å²) < 4.78 is 42.0. The van der Waals surface area contributed by atoms with E-state index in [1.165, 1.54) is 11.3 Å². The van der Waals surface area contributed by atoms with Gasteiger partial charge in [-0.1, -0.05) is 0 Å². The van der Waals surface area contributed by atoms with Crippen molar-refractivity contribution in [2.24, 2.45) is 5.92 Å². The summed E-state index contributed by atoms with van der Waals surface area (Å²) in [6, 6.07) is -0.345. The van der Waals surface area contributed by atoms with Gasteiger partial charge >= 0.3 is 6.18 Å². The molecule has 1 saturated heterocycles. The molecule has 0 bridgehead atoms. The summed E-state index contributed by atoms with van der Waals surface area (Å²) in [4.78, 5) is 19.3. The lowest BCUT2D eigenvalue weighted by atomic mass is 9.85. The molecular formula is C18H22F3N5OS. The van der Waals surface area contributed by atoms with Crippen molar-refractivity contribution in [3.8, 4) is 0 Å². The zero-order valence-corrected chi connectivity index (χ0v) is 16.5. The maximum atomic E-state index is 13.6. The lowest BCUT2D eigenvalue weighted by Crippen LogP contribution is -2.49. The molecule has 1 amide bonds. The molecule has 0 radical (unpaired) electrons. The van der Waals surface area contributed by atoms with E-state index in [4.69, 9.17) is 0 Å². The van der Waals surface area contributed by atoms with Gasteiger partial charge < -0.3 is 10.2 Å². The number of piperidine rings is 1. The standard InChI is InChI=1S/C18H22F3N5OS/c1-10-6-15-23-13(7-14(18(19,20)21)26(15)24-10)12-4-3-5-25(8-12)17(27)16-11(2)22-9-28-16/h6,9,12-14,23H,3-5,7-8H2,1-2H3/t12?,13-,14+/m0/s1. The van der Waals surface area contributed by atoms with Crippen molar-refractivity contribution < 1.29 is 18.0 Å². The van der Waals surface area contributed by atoms with E-state index in [0.29, 0.717) is 35.2 Å². The maximum Gasteiger partial charge on any atom is 0.410 e. The Labute approximate surface area is 164 Å². The molecule has 1 unspecified atom stereocenters. The topological polar surface area (TPSA) is 63.1 Å². The van der Waals surface area contributed by atoms with E-state index in [-0.39, 0.29) is 24.3 Å². The van der Waals surface area contributed by atoms with E-state index in [1.54, 1.807) is 30.3 Å². The smallest absolute Gasteiger partial charge is 0.367 e. The summed E-state index contributed by atoms with van der Waals surface area (Å²) in [5, 5.41) is 7.28. The fourth-order valence-corrected chi connectivity index (χ4v) is 4.98. The van der Waals surface area contributed by atoms with Crippen LogP contribution in [-0.2, 0) is 0 Å². The molecule has 0 saturated carbocycles. The first-order valence-electron chi connectivity index (χ1n) is 9.33. The van der Waals surface area contributed by atoms with Gasteiger partial charge in [0.05, 0.1) is 16.9 Å². The van der Waals surface area contributed by atoms with Crippen molar-refractivity contribution in [1.82, 2.24) is 19.7 Å². The molecule has 2 aromatic rings. The van der Waals surface area contributed by atoms with Crippen LogP contribution >= 0.6 is 11.3 Å². The molecule has 1 fully saturated rings.